The Balaban J connectivity index is 1.39. The van der Waals surface area contributed by atoms with Crippen molar-refractivity contribution in [3.05, 3.63) is 65.7 Å². The van der Waals surface area contributed by atoms with E-state index in [0.29, 0.717) is 48.3 Å². The molecule has 0 saturated carbocycles. The molecular weight excluding hydrogens is 462 g/mol. The highest BCUT2D eigenvalue weighted by Crippen LogP contribution is 2.40. The molecule has 0 bridgehead atoms. The Bertz CT molecular complexity index is 1420. The minimum Gasteiger partial charge on any atom is -0.321 e. The van der Waals surface area contributed by atoms with E-state index in [1.54, 1.807) is 33.5 Å². The molecule has 0 unspecified atom stereocenters. The van der Waals surface area contributed by atoms with Crippen molar-refractivity contribution < 1.29 is 18.0 Å². The zero-order chi connectivity index (χ0) is 24.9. The lowest BCUT2D eigenvalue weighted by Gasteiger charge is -2.34. The predicted octanol–water partition coefficient (Wildman–Crippen LogP) is 4.74. The van der Waals surface area contributed by atoms with Crippen molar-refractivity contribution in [1.82, 2.24) is 4.31 Å². The molecule has 2 aliphatic rings. The summed E-state index contributed by atoms with van der Waals surface area (Å²) in [5.41, 5.74) is 2.44. The number of rotatable bonds is 5. The molecule has 182 valence electrons. The molecule has 8 heteroatoms. The van der Waals surface area contributed by atoms with Crippen LogP contribution >= 0.6 is 0 Å². The summed E-state index contributed by atoms with van der Waals surface area (Å²) in [6.45, 7) is 7.67. The second-order valence-corrected chi connectivity index (χ2v) is 11.6. The van der Waals surface area contributed by atoms with Gasteiger partial charge in [0.1, 0.15) is 0 Å². The Morgan fingerprint density at radius 1 is 1.00 bits per heavy atom. The number of benzene rings is 3. The molecule has 7 nitrogen and oxygen atoms in total. The number of hydrogen-bond donors (Lipinski definition) is 1. The van der Waals surface area contributed by atoms with Gasteiger partial charge in [0, 0.05) is 47.2 Å². The van der Waals surface area contributed by atoms with Gasteiger partial charge >= 0.3 is 0 Å². The monoisotopic (exact) mass is 491 g/mol. The lowest BCUT2D eigenvalue weighted by molar-refractivity contribution is 0.0992. The molecule has 0 aliphatic carbocycles. The number of amides is 2. The largest absolute Gasteiger partial charge is 0.321 e. The fraction of sp³-hybridized carbons (Fsp3) is 0.333. The Morgan fingerprint density at radius 3 is 2.34 bits per heavy atom. The average Bonchev–Trinajstić information content (AvgIpc) is 3.12. The van der Waals surface area contributed by atoms with E-state index < -0.39 is 10.0 Å². The van der Waals surface area contributed by atoms with Crippen LogP contribution in [-0.4, -0.2) is 44.2 Å². The maximum atomic E-state index is 13.1. The SMILES string of the molecule is CCN1C(=O)c2cccc3c(NC(=O)c4ccc(S(=O)(=O)N5C[C@@H](C)C[C@H](C)C5)cc4)ccc1c23. The molecule has 0 aromatic heterocycles. The van der Waals surface area contributed by atoms with Gasteiger partial charge in [0.2, 0.25) is 10.0 Å². The number of piperidine rings is 1. The average molecular weight is 492 g/mol. The van der Waals surface area contributed by atoms with Crippen LogP contribution in [0.25, 0.3) is 10.8 Å². The van der Waals surface area contributed by atoms with Gasteiger partial charge < -0.3 is 10.2 Å². The number of anilines is 2. The van der Waals surface area contributed by atoms with E-state index in [2.05, 4.69) is 19.2 Å². The van der Waals surface area contributed by atoms with E-state index in [0.717, 1.165) is 22.9 Å². The van der Waals surface area contributed by atoms with Crippen LogP contribution in [0.3, 0.4) is 0 Å². The van der Waals surface area contributed by atoms with Gasteiger partial charge in [-0.05, 0) is 67.6 Å². The van der Waals surface area contributed by atoms with E-state index in [1.807, 2.05) is 25.1 Å². The minimum atomic E-state index is -3.61. The highest BCUT2D eigenvalue weighted by atomic mass is 32.2. The Hall–Kier alpha value is -3.23. The summed E-state index contributed by atoms with van der Waals surface area (Å²) in [7, 11) is -3.61. The minimum absolute atomic E-state index is 0.0362. The Morgan fingerprint density at radius 2 is 1.69 bits per heavy atom. The number of sulfonamides is 1. The van der Waals surface area contributed by atoms with Crippen LogP contribution in [0.15, 0.2) is 59.5 Å². The fourth-order valence-corrected chi connectivity index (χ4v) is 7.07. The predicted molar refractivity (Wildman–Crippen MR) is 137 cm³/mol. The number of carbonyl (C=O) groups is 2. The zero-order valence-corrected chi connectivity index (χ0v) is 20.9. The molecule has 3 aromatic rings. The first-order valence-corrected chi connectivity index (χ1v) is 13.4. The van der Waals surface area contributed by atoms with E-state index in [1.165, 1.54) is 12.1 Å². The van der Waals surface area contributed by atoms with Crippen molar-refractivity contribution in [3.8, 4) is 0 Å². The summed E-state index contributed by atoms with van der Waals surface area (Å²) in [6.07, 6.45) is 1.02. The van der Waals surface area contributed by atoms with Gasteiger partial charge in [0.05, 0.1) is 10.6 Å². The summed E-state index contributed by atoms with van der Waals surface area (Å²) in [6, 6.07) is 15.3. The van der Waals surface area contributed by atoms with Crippen molar-refractivity contribution in [2.24, 2.45) is 11.8 Å². The molecule has 0 radical (unpaired) electrons. The first-order chi connectivity index (χ1) is 16.7. The van der Waals surface area contributed by atoms with Crippen LogP contribution in [-0.2, 0) is 10.0 Å². The summed E-state index contributed by atoms with van der Waals surface area (Å²) >= 11 is 0. The molecule has 0 spiro atoms. The van der Waals surface area contributed by atoms with E-state index in [4.69, 9.17) is 0 Å². The molecule has 5 rings (SSSR count). The summed E-state index contributed by atoms with van der Waals surface area (Å²) < 4.78 is 27.8. The molecule has 1 saturated heterocycles. The number of hydrogen-bond acceptors (Lipinski definition) is 4. The first-order valence-electron chi connectivity index (χ1n) is 12.0. The summed E-state index contributed by atoms with van der Waals surface area (Å²) in [5.74, 6) is 0.254. The zero-order valence-electron chi connectivity index (χ0n) is 20.1. The standard InChI is InChI=1S/C27H29N3O4S/c1-4-30-24-13-12-23(21-6-5-7-22(25(21)24)27(30)32)28-26(31)19-8-10-20(11-9-19)35(33,34)29-15-17(2)14-18(3)16-29/h5-13,17-18H,4,14-16H2,1-3H3,(H,28,31)/t17-,18-/m0/s1. The van der Waals surface area contributed by atoms with E-state index in [9.17, 15) is 18.0 Å². The van der Waals surface area contributed by atoms with Gasteiger partial charge in [-0.1, -0.05) is 26.0 Å². The smallest absolute Gasteiger partial charge is 0.258 e. The van der Waals surface area contributed by atoms with Crippen LogP contribution in [0.2, 0.25) is 0 Å². The van der Waals surface area contributed by atoms with Crippen LogP contribution in [0, 0.1) is 11.8 Å². The van der Waals surface area contributed by atoms with Gasteiger partial charge in [-0.15, -0.1) is 0 Å². The van der Waals surface area contributed by atoms with Crippen molar-refractivity contribution in [2.45, 2.75) is 32.1 Å². The van der Waals surface area contributed by atoms with Gasteiger partial charge in [0.15, 0.2) is 0 Å². The Kier molecular flexibility index (Phi) is 5.89. The van der Waals surface area contributed by atoms with Crippen molar-refractivity contribution in [2.75, 3.05) is 29.9 Å². The lowest BCUT2D eigenvalue weighted by Crippen LogP contribution is -2.42. The first kappa shape index (κ1) is 23.5. The van der Waals surface area contributed by atoms with Crippen LogP contribution in [0.4, 0.5) is 11.4 Å². The molecule has 2 heterocycles. The highest BCUT2D eigenvalue weighted by molar-refractivity contribution is 7.89. The molecule has 1 fully saturated rings. The number of nitrogens with one attached hydrogen (secondary N) is 1. The van der Waals surface area contributed by atoms with Gasteiger partial charge in [0.25, 0.3) is 11.8 Å². The van der Waals surface area contributed by atoms with Crippen LogP contribution in [0.5, 0.6) is 0 Å². The molecule has 35 heavy (non-hydrogen) atoms. The quantitative estimate of drug-likeness (QED) is 0.559. The van der Waals surface area contributed by atoms with Gasteiger partial charge in [-0.25, -0.2) is 8.42 Å². The topological polar surface area (TPSA) is 86.8 Å². The lowest BCUT2D eigenvalue weighted by atomic mass is 9.94. The number of nitrogens with zero attached hydrogens (tertiary/aromatic N) is 2. The van der Waals surface area contributed by atoms with E-state index >= 15 is 0 Å². The molecule has 2 aliphatic heterocycles. The fourth-order valence-electron chi connectivity index (χ4n) is 5.39. The molecular formula is C27H29N3O4S. The maximum absolute atomic E-state index is 13.1. The van der Waals surface area contributed by atoms with E-state index in [-0.39, 0.29) is 16.7 Å². The normalized spacial score (nSPS) is 20.4. The second-order valence-electron chi connectivity index (χ2n) is 9.66. The highest BCUT2D eigenvalue weighted by Gasteiger charge is 2.32. The van der Waals surface area contributed by atoms with Crippen molar-refractivity contribution in [1.29, 1.82) is 0 Å². The molecule has 2 amide bonds. The van der Waals surface area contributed by atoms with Gasteiger partial charge in [-0.3, -0.25) is 9.59 Å². The Labute approximate surface area is 205 Å². The van der Waals surface area contributed by atoms with Gasteiger partial charge in [-0.2, -0.15) is 4.31 Å². The van der Waals surface area contributed by atoms with Crippen molar-refractivity contribution >= 4 is 44.0 Å². The third kappa shape index (κ3) is 4.00. The second kappa shape index (κ2) is 8.77. The summed E-state index contributed by atoms with van der Waals surface area (Å²) in [4.78, 5) is 27.7. The van der Waals surface area contributed by atoms with Crippen LogP contribution < -0.4 is 10.2 Å². The molecule has 3 aromatic carbocycles. The summed E-state index contributed by atoms with van der Waals surface area (Å²) in [5, 5.41) is 4.57. The third-order valence-electron chi connectivity index (χ3n) is 6.94. The third-order valence-corrected chi connectivity index (χ3v) is 8.78. The number of carbonyl (C=O) groups excluding carboxylic acids is 2. The molecule has 2 atom stereocenters. The maximum Gasteiger partial charge on any atom is 0.258 e. The van der Waals surface area contributed by atoms with Crippen LogP contribution in [0.1, 0.15) is 47.9 Å². The van der Waals surface area contributed by atoms with Crippen molar-refractivity contribution in [3.63, 3.8) is 0 Å². The molecule has 1 N–H and O–H groups in total.